The Morgan fingerprint density at radius 2 is 1.58 bits per heavy atom. The van der Waals surface area contributed by atoms with E-state index >= 15 is 0 Å². The second kappa shape index (κ2) is 9.50. The molecule has 1 heterocycles. The van der Waals surface area contributed by atoms with Gasteiger partial charge in [0.25, 0.3) is 5.91 Å². The smallest absolute Gasteiger partial charge is 0.255 e. The van der Waals surface area contributed by atoms with Crippen LogP contribution >= 0.6 is 0 Å². The Balaban J connectivity index is 1.69. The molecule has 31 heavy (non-hydrogen) atoms. The summed E-state index contributed by atoms with van der Waals surface area (Å²) < 4.78 is 28.1. The molecule has 0 bridgehead atoms. The second-order valence-electron chi connectivity index (χ2n) is 6.86. The summed E-state index contributed by atoms with van der Waals surface area (Å²) in [5.41, 5.74) is 2.21. The maximum atomic E-state index is 12.8. The molecule has 9 heteroatoms. The fraction of sp³-hybridized carbons (Fsp3) is 0.136. The SMILES string of the molecule is CC(=O)Nc1cccc([C@H](C)NS(=O)(=O)c2ccc(NC(=O)c3ccncc3)cc2)c1. The van der Waals surface area contributed by atoms with Crippen molar-refractivity contribution in [2.24, 2.45) is 0 Å². The lowest BCUT2D eigenvalue weighted by Gasteiger charge is -2.16. The predicted octanol–water partition coefficient (Wildman–Crippen LogP) is 3.33. The van der Waals surface area contributed by atoms with Crippen molar-refractivity contribution in [3.63, 3.8) is 0 Å². The minimum Gasteiger partial charge on any atom is -0.326 e. The van der Waals surface area contributed by atoms with E-state index in [0.717, 1.165) is 0 Å². The highest BCUT2D eigenvalue weighted by atomic mass is 32.2. The maximum absolute atomic E-state index is 12.8. The highest BCUT2D eigenvalue weighted by Crippen LogP contribution is 2.21. The zero-order valence-electron chi connectivity index (χ0n) is 17.0. The maximum Gasteiger partial charge on any atom is 0.255 e. The summed E-state index contributed by atoms with van der Waals surface area (Å²) in [6.45, 7) is 3.12. The Hall–Kier alpha value is -3.56. The number of sulfonamides is 1. The highest BCUT2D eigenvalue weighted by Gasteiger charge is 2.19. The first-order valence-electron chi connectivity index (χ1n) is 9.46. The lowest BCUT2D eigenvalue weighted by Crippen LogP contribution is -2.27. The summed E-state index contributed by atoms with van der Waals surface area (Å²) in [5, 5.41) is 5.38. The van der Waals surface area contributed by atoms with Gasteiger partial charge in [-0.3, -0.25) is 14.6 Å². The number of carbonyl (C=O) groups is 2. The van der Waals surface area contributed by atoms with Crippen LogP contribution in [0.3, 0.4) is 0 Å². The monoisotopic (exact) mass is 438 g/mol. The molecule has 0 fully saturated rings. The van der Waals surface area contributed by atoms with E-state index in [9.17, 15) is 18.0 Å². The number of hydrogen-bond acceptors (Lipinski definition) is 5. The van der Waals surface area contributed by atoms with Gasteiger partial charge in [0.1, 0.15) is 0 Å². The standard InChI is InChI=1S/C22H22N4O4S/c1-15(18-4-3-5-20(14-18)24-16(2)27)26-31(29,30)21-8-6-19(7-9-21)25-22(28)17-10-12-23-13-11-17/h3-15,26H,1-2H3,(H,24,27)(H,25,28)/t15-/m0/s1. The minimum atomic E-state index is -3.80. The van der Waals surface area contributed by atoms with Crippen molar-refractivity contribution >= 4 is 33.2 Å². The van der Waals surface area contributed by atoms with E-state index in [1.807, 2.05) is 0 Å². The molecular formula is C22H22N4O4S. The summed E-state index contributed by atoms with van der Waals surface area (Å²) in [5.74, 6) is -0.523. The molecule has 1 aromatic heterocycles. The summed E-state index contributed by atoms with van der Waals surface area (Å²) in [4.78, 5) is 27.4. The van der Waals surface area contributed by atoms with Crippen LogP contribution in [-0.4, -0.2) is 25.2 Å². The number of benzene rings is 2. The molecule has 0 saturated heterocycles. The average molecular weight is 439 g/mol. The van der Waals surface area contributed by atoms with Crippen LogP contribution in [0.2, 0.25) is 0 Å². The number of nitrogens with one attached hydrogen (secondary N) is 3. The number of anilines is 2. The van der Waals surface area contributed by atoms with Crippen molar-refractivity contribution in [1.29, 1.82) is 0 Å². The Morgan fingerprint density at radius 1 is 0.903 bits per heavy atom. The average Bonchev–Trinajstić information content (AvgIpc) is 2.74. The van der Waals surface area contributed by atoms with Crippen LogP contribution in [0.25, 0.3) is 0 Å². The van der Waals surface area contributed by atoms with Crippen LogP contribution in [0.5, 0.6) is 0 Å². The van der Waals surface area contributed by atoms with E-state index in [1.165, 1.54) is 43.6 Å². The van der Waals surface area contributed by atoms with Crippen molar-refractivity contribution in [2.75, 3.05) is 10.6 Å². The highest BCUT2D eigenvalue weighted by molar-refractivity contribution is 7.89. The number of hydrogen-bond donors (Lipinski definition) is 3. The normalized spacial score (nSPS) is 12.1. The summed E-state index contributed by atoms with van der Waals surface area (Å²) >= 11 is 0. The molecule has 2 amide bonds. The van der Waals surface area contributed by atoms with Gasteiger partial charge in [-0.1, -0.05) is 12.1 Å². The van der Waals surface area contributed by atoms with E-state index < -0.39 is 16.1 Å². The van der Waals surface area contributed by atoms with Gasteiger partial charge >= 0.3 is 0 Å². The third kappa shape index (κ3) is 5.97. The summed E-state index contributed by atoms with van der Waals surface area (Å²) in [7, 11) is -3.80. The Bertz CT molecular complexity index is 1180. The second-order valence-corrected chi connectivity index (χ2v) is 8.58. The van der Waals surface area contributed by atoms with Gasteiger partial charge in [-0.05, 0) is 61.0 Å². The van der Waals surface area contributed by atoms with Gasteiger partial charge in [-0.25, -0.2) is 13.1 Å². The summed E-state index contributed by atoms with van der Waals surface area (Å²) in [6.07, 6.45) is 3.03. The first kappa shape index (κ1) is 22.1. The molecule has 3 aromatic rings. The van der Waals surface area contributed by atoms with Crippen LogP contribution in [-0.2, 0) is 14.8 Å². The fourth-order valence-corrected chi connectivity index (χ4v) is 4.11. The van der Waals surface area contributed by atoms with E-state index in [0.29, 0.717) is 22.5 Å². The lowest BCUT2D eigenvalue weighted by molar-refractivity contribution is -0.114. The molecule has 0 aliphatic rings. The van der Waals surface area contributed by atoms with Crippen molar-refractivity contribution < 1.29 is 18.0 Å². The molecule has 3 N–H and O–H groups in total. The number of pyridine rings is 1. The largest absolute Gasteiger partial charge is 0.326 e. The molecule has 1 atom stereocenters. The Kier molecular flexibility index (Phi) is 6.78. The zero-order chi connectivity index (χ0) is 22.4. The quantitative estimate of drug-likeness (QED) is 0.523. The molecule has 0 aliphatic carbocycles. The molecule has 0 radical (unpaired) electrons. The van der Waals surface area contributed by atoms with Crippen molar-refractivity contribution in [3.8, 4) is 0 Å². The van der Waals surface area contributed by atoms with Crippen LogP contribution in [0.15, 0.2) is 78.0 Å². The zero-order valence-corrected chi connectivity index (χ0v) is 17.8. The Labute approximate surface area is 180 Å². The molecule has 0 spiro atoms. The number of rotatable bonds is 7. The van der Waals surface area contributed by atoms with Crippen molar-refractivity contribution in [2.45, 2.75) is 24.8 Å². The molecule has 0 unspecified atom stereocenters. The first-order valence-corrected chi connectivity index (χ1v) is 10.9. The van der Waals surface area contributed by atoms with Crippen LogP contribution in [0, 0.1) is 0 Å². The van der Waals surface area contributed by atoms with Crippen molar-refractivity contribution in [1.82, 2.24) is 9.71 Å². The molecule has 2 aromatic carbocycles. The molecule has 3 rings (SSSR count). The molecule has 0 aliphatic heterocycles. The van der Waals surface area contributed by atoms with Gasteiger partial charge < -0.3 is 10.6 Å². The van der Waals surface area contributed by atoms with Gasteiger partial charge in [0, 0.05) is 42.3 Å². The van der Waals surface area contributed by atoms with E-state index in [2.05, 4.69) is 20.3 Å². The van der Waals surface area contributed by atoms with Gasteiger partial charge in [-0.15, -0.1) is 0 Å². The molecule has 8 nitrogen and oxygen atoms in total. The van der Waals surface area contributed by atoms with Crippen molar-refractivity contribution in [3.05, 3.63) is 84.2 Å². The van der Waals surface area contributed by atoms with Gasteiger partial charge in [-0.2, -0.15) is 0 Å². The molecular weight excluding hydrogens is 416 g/mol. The van der Waals surface area contributed by atoms with E-state index in [4.69, 9.17) is 0 Å². The molecule has 160 valence electrons. The number of nitrogens with zero attached hydrogens (tertiary/aromatic N) is 1. The number of carbonyl (C=O) groups excluding carboxylic acids is 2. The van der Waals surface area contributed by atoms with Crippen LogP contribution in [0.1, 0.15) is 35.8 Å². The third-order valence-electron chi connectivity index (χ3n) is 4.40. The minimum absolute atomic E-state index is 0.0688. The lowest BCUT2D eigenvalue weighted by atomic mass is 10.1. The summed E-state index contributed by atoms with van der Waals surface area (Å²) in [6, 6.07) is 15.5. The van der Waals surface area contributed by atoms with Gasteiger partial charge in [0.15, 0.2) is 0 Å². The fourth-order valence-electron chi connectivity index (χ4n) is 2.88. The number of aromatic nitrogens is 1. The van der Waals surface area contributed by atoms with E-state index in [1.54, 1.807) is 43.3 Å². The van der Waals surface area contributed by atoms with Crippen LogP contribution in [0.4, 0.5) is 11.4 Å². The predicted molar refractivity (Wildman–Crippen MR) is 118 cm³/mol. The van der Waals surface area contributed by atoms with Gasteiger partial charge in [0.05, 0.1) is 4.90 Å². The van der Waals surface area contributed by atoms with Crippen LogP contribution < -0.4 is 15.4 Å². The topological polar surface area (TPSA) is 117 Å². The third-order valence-corrected chi connectivity index (χ3v) is 5.96. The van der Waals surface area contributed by atoms with E-state index in [-0.39, 0.29) is 16.7 Å². The Morgan fingerprint density at radius 3 is 2.23 bits per heavy atom. The molecule has 0 saturated carbocycles. The first-order chi connectivity index (χ1) is 14.7. The van der Waals surface area contributed by atoms with Gasteiger partial charge in [0.2, 0.25) is 15.9 Å². The number of amides is 2.